The number of sulfone groups is 1. The van der Waals surface area contributed by atoms with Crippen LogP contribution in [-0.2, 0) is 21.1 Å². The number of carbonyl (C=O) groups excluding carboxylic acids is 1. The molecule has 0 unspecified atom stereocenters. The Balaban J connectivity index is 2.46. The van der Waals surface area contributed by atoms with E-state index in [0.717, 1.165) is 11.8 Å². The van der Waals surface area contributed by atoms with E-state index in [1.165, 1.54) is 0 Å². The Morgan fingerprint density at radius 2 is 1.95 bits per heavy atom. The van der Waals surface area contributed by atoms with E-state index in [9.17, 15) is 18.3 Å². The van der Waals surface area contributed by atoms with Gasteiger partial charge in [-0.2, -0.15) is 0 Å². The fraction of sp³-hybridized carbons (Fsp3) is 0.462. The number of benzene rings is 1. The summed E-state index contributed by atoms with van der Waals surface area (Å²) >= 11 is 0. The van der Waals surface area contributed by atoms with Crippen LogP contribution >= 0.6 is 0 Å². The molecule has 0 radical (unpaired) electrons. The van der Waals surface area contributed by atoms with Gasteiger partial charge in [0.2, 0.25) is 5.91 Å². The molecular formula is C13H19NO4S. The lowest BCUT2D eigenvalue weighted by Crippen LogP contribution is -2.39. The topological polar surface area (TPSA) is 83.5 Å². The molecule has 1 aromatic rings. The summed E-state index contributed by atoms with van der Waals surface area (Å²) in [6.07, 6.45) is 1.53. The molecule has 0 spiro atoms. The highest BCUT2D eigenvalue weighted by atomic mass is 32.2. The molecule has 1 atom stereocenters. The van der Waals surface area contributed by atoms with Crippen molar-refractivity contribution < 1.29 is 18.3 Å². The third-order valence-corrected chi connectivity index (χ3v) is 3.56. The first-order chi connectivity index (χ1) is 8.90. The molecule has 19 heavy (non-hydrogen) atoms. The van der Waals surface area contributed by atoms with Gasteiger partial charge in [-0.1, -0.05) is 30.3 Å². The molecule has 0 heterocycles. The molecule has 2 N–H and O–H groups in total. The molecule has 6 heteroatoms. The van der Waals surface area contributed by atoms with E-state index < -0.39 is 15.9 Å². The standard InChI is InChI=1S/C13H19NO4S/c1-19(17,18)8-7-13(16)14-12(10-15)9-11-5-3-2-4-6-11/h2-6,12,15H,7-10H2,1H3,(H,14,16)/t12-/m1/s1. The van der Waals surface area contributed by atoms with Crippen molar-refractivity contribution in [1.29, 1.82) is 0 Å². The van der Waals surface area contributed by atoms with Gasteiger partial charge in [0.1, 0.15) is 9.84 Å². The van der Waals surface area contributed by atoms with Crippen LogP contribution in [0.15, 0.2) is 30.3 Å². The Morgan fingerprint density at radius 3 is 2.47 bits per heavy atom. The van der Waals surface area contributed by atoms with Gasteiger partial charge < -0.3 is 10.4 Å². The molecule has 0 aliphatic rings. The maximum absolute atomic E-state index is 11.6. The van der Waals surface area contributed by atoms with Crippen molar-refractivity contribution in [3.63, 3.8) is 0 Å². The molecule has 0 aliphatic carbocycles. The van der Waals surface area contributed by atoms with Gasteiger partial charge in [0.25, 0.3) is 0 Å². The van der Waals surface area contributed by atoms with Crippen LogP contribution in [-0.4, -0.2) is 44.1 Å². The Hall–Kier alpha value is -1.40. The highest BCUT2D eigenvalue weighted by molar-refractivity contribution is 7.90. The lowest BCUT2D eigenvalue weighted by molar-refractivity contribution is -0.121. The maximum atomic E-state index is 11.6. The highest BCUT2D eigenvalue weighted by Crippen LogP contribution is 2.03. The van der Waals surface area contributed by atoms with Gasteiger partial charge in [-0.25, -0.2) is 8.42 Å². The second-order valence-electron chi connectivity index (χ2n) is 4.52. The molecule has 106 valence electrons. The molecular weight excluding hydrogens is 266 g/mol. The van der Waals surface area contributed by atoms with Crippen LogP contribution in [0.25, 0.3) is 0 Å². The number of aliphatic hydroxyl groups is 1. The first-order valence-corrected chi connectivity index (χ1v) is 8.08. The van der Waals surface area contributed by atoms with E-state index >= 15 is 0 Å². The monoisotopic (exact) mass is 285 g/mol. The molecule has 0 bridgehead atoms. The maximum Gasteiger partial charge on any atom is 0.221 e. The SMILES string of the molecule is CS(=O)(=O)CCC(=O)N[C@@H](CO)Cc1ccccc1. The predicted molar refractivity (Wildman–Crippen MR) is 73.5 cm³/mol. The quantitative estimate of drug-likeness (QED) is 0.746. The summed E-state index contributed by atoms with van der Waals surface area (Å²) in [5.74, 6) is -0.539. The number of carbonyl (C=O) groups is 1. The Kier molecular flexibility index (Phi) is 5.98. The summed E-state index contributed by atoms with van der Waals surface area (Å²) < 4.78 is 21.9. The Labute approximate surface area is 113 Å². The molecule has 1 rings (SSSR count). The van der Waals surface area contributed by atoms with Crippen LogP contribution in [0.4, 0.5) is 0 Å². The molecule has 0 fully saturated rings. The second-order valence-corrected chi connectivity index (χ2v) is 6.78. The third-order valence-electron chi connectivity index (χ3n) is 2.61. The van der Waals surface area contributed by atoms with Gasteiger partial charge in [0, 0.05) is 12.7 Å². The van der Waals surface area contributed by atoms with Crippen LogP contribution in [0.1, 0.15) is 12.0 Å². The first-order valence-electron chi connectivity index (χ1n) is 6.02. The van der Waals surface area contributed by atoms with E-state index in [1.54, 1.807) is 0 Å². The van der Waals surface area contributed by atoms with Gasteiger partial charge in [0.05, 0.1) is 18.4 Å². The minimum Gasteiger partial charge on any atom is -0.394 e. The fourth-order valence-electron chi connectivity index (χ4n) is 1.64. The van der Waals surface area contributed by atoms with Gasteiger partial charge in [0.15, 0.2) is 0 Å². The van der Waals surface area contributed by atoms with Crippen molar-refractivity contribution in [2.75, 3.05) is 18.6 Å². The van der Waals surface area contributed by atoms with Crippen LogP contribution in [0.5, 0.6) is 0 Å². The molecule has 5 nitrogen and oxygen atoms in total. The zero-order chi connectivity index (χ0) is 14.3. The van der Waals surface area contributed by atoms with E-state index in [0.29, 0.717) is 6.42 Å². The van der Waals surface area contributed by atoms with Crippen molar-refractivity contribution >= 4 is 15.7 Å². The second kappa shape index (κ2) is 7.25. The summed E-state index contributed by atoms with van der Waals surface area (Å²) in [6, 6.07) is 9.08. The lowest BCUT2D eigenvalue weighted by atomic mass is 10.1. The zero-order valence-corrected chi connectivity index (χ0v) is 11.7. The summed E-state index contributed by atoms with van der Waals surface area (Å²) in [4.78, 5) is 11.6. The summed E-state index contributed by atoms with van der Waals surface area (Å²) in [6.45, 7) is -0.181. The molecule has 0 aliphatic heterocycles. The summed E-state index contributed by atoms with van der Waals surface area (Å²) in [5.41, 5.74) is 1.00. The zero-order valence-electron chi connectivity index (χ0n) is 10.9. The molecule has 0 saturated carbocycles. The van der Waals surface area contributed by atoms with E-state index in [-0.39, 0.29) is 24.7 Å². The van der Waals surface area contributed by atoms with Crippen LogP contribution in [0, 0.1) is 0 Å². The highest BCUT2D eigenvalue weighted by Gasteiger charge is 2.13. The van der Waals surface area contributed by atoms with Crippen molar-refractivity contribution in [2.45, 2.75) is 18.9 Å². The summed E-state index contributed by atoms with van der Waals surface area (Å²) in [7, 11) is -3.14. The number of rotatable bonds is 7. The van der Waals surface area contributed by atoms with Crippen LogP contribution in [0.2, 0.25) is 0 Å². The van der Waals surface area contributed by atoms with Crippen molar-refractivity contribution in [1.82, 2.24) is 5.32 Å². The first kappa shape index (κ1) is 15.7. The normalized spacial score (nSPS) is 12.9. The smallest absolute Gasteiger partial charge is 0.221 e. The molecule has 0 saturated heterocycles. The van der Waals surface area contributed by atoms with Crippen LogP contribution < -0.4 is 5.32 Å². The average molecular weight is 285 g/mol. The van der Waals surface area contributed by atoms with Gasteiger partial charge in [-0.3, -0.25) is 4.79 Å². The minimum atomic E-state index is -3.14. The third kappa shape index (κ3) is 6.93. The van der Waals surface area contributed by atoms with Gasteiger partial charge in [-0.05, 0) is 12.0 Å². The average Bonchev–Trinajstić information content (AvgIpc) is 2.36. The number of nitrogens with one attached hydrogen (secondary N) is 1. The minimum absolute atomic E-state index is 0.0792. The largest absolute Gasteiger partial charge is 0.394 e. The van der Waals surface area contributed by atoms with Gasteiger partial charge >= 0.3 is 0 Å². The van der Waals surface area contributed by atoms with E-state index in [1.807, 2.05) is 30.3 Å². The Morgan fingerprint density at radius 1 is 1.32 bits per heavy atom. The predicted octanol–water partition coefficient (Wildman–Crippen LogP) is 0.141. The van der Waals surface area contributed by atoms with Crippen molar-refractivity contribution in [3.8, 4) is 0 Å². The van der Waals surface area contributed by atoms with Gasteiger partial charge in [-0.15, -0.1) is 0 Å². The molecule has 1 aromatic carbocycles. The number of amides is 1. The summed E-state index contributed by atoms with van der Waals surface area (Å²) in [5, 5.41) is 11.9. The van der Waals surface area contributed by atoms with Crippen molar-refractivity contribution in [3.05, 3.63) is 35.9 Å². The number of hydrogen-bond donors (Lipinski definition) is 2. The lowest BCUT2D eigenvalue weighted by Gasteiger charge is -2.16. The number of aliphatic hydroxyl groups excluding tert-OH is 1. The molecule has 1 amide bonds. The fourth-order valence-corrected chi connectivity index (χ4v) is 2.19. The van der Waals surface area contributed by atoms with E-state index in [4.69, 9.17) is 0 Å². The Bertz CT molecular complexity index is 499. The van der Waals surface area contributed by atoms with Crippen molar-refractivity contribution in [2.24, 2.45) is 0 Å². The van der Waals surface area contributed by atoms with E-state index in [2.05, 4.69) is 5.32 Å². The molecule has 0 aromatic heterocycles. The van der Waals surface area contributed by atoms with Crippen LogP contribution in [0.3, 0.4) is 0 Å². The number of hydrogen-bond acceptors (Lipinski definition) is 4.